The number of halogens is 1. The normalized spacial score (nSPS) is 10.4. The molecule has 3 nitrogen and oxygen atoms in total. The van der Waals surface area contributed by atoms with Crippen LogP contribution in [0.3, 0.4) is 0 Å². The molecule has 0 amide bonds. The summed E-state index contributed by atoms with van der Waals surface area (Å²) in [5.41, 5.74) is 1.89. The predicted octanol–water partition coefficient (Wildman–Crippen LogP) is 2.25. The van der Waals surface area contributed by atoms with Crippen molar-refractivity contribution in [1.29, 1.82) is 0 Å². The first-order chi connectivity index (χ1) is 7.66. The molecule has 2 aromatic heterocycles. The second kappa shape index (κ2) is 4.49. The van der Waals surface area contributed by atoms with Gasteiger partial charge in [0, 0.05) is 18.0 Å². The fourth-order valence-corrected chi connectivity index (χ4v) is 1.62. The third-order valence-electron chi connectivity index (χ3n) is 2.40. The van der Waals surface area contributed by atoms with Crippen molar-refractivity contribution in [3.8, 4) is 0 Å². The Labute approximate surface area is 98.3 Å². The summed E-state index contributed by atoms with van der Waals surface area (Å²) in [4.78, 5) is 15.6. The molecule has 0 N–H and O–H groups in total. The number of pyridine rings is 2. The van der Waals surface area contributed by atoms with E-state index in [0.29, 0.717) is 11.7 Å². The van der Waals surface area contributed by atoms with Crippen molar-refractivity contribution in [2.45, 2.75) is 13.5 Å². The molecule has 0 saturated heterocycles. The summed E-state index contributed by atoms with van der Waals surface area (Å²) in [6, 6.07) is 8.81. The average molecular weight is 235 g/mol. The zero-order valence-corrected chi connectivity index (χ0v) is 9.61. The lowest BCUT2D eigenvalue weighted by Gasteiger charge is -2.08. The van der Waals surface area contributed by atoms with E-state index in [1.165, 1.54) is 0 Å². The third-order valence-corrected chi connectivity index (χ3v) is 2.62. The molecule has 82 valence electrons. The Bertz CT molecular complexity index is 546. The molecule has 4 heteroatoms. The molecule has 16 heavy (non-hydrogen) atoms. The Balaban J connectivity index is 2.34. The Morgan fingerprint density at radius 1 is 1.31 bits per heavy atom. The first kappa shape index (κ1) is 10.9. The van der Waals surface area contributed by atoms with Crippen molar-refractivity contribution >= 4 is 11.6 Å². The summed E-state index contributed by atoms with van der Waals surface area (Å²) >= 11 is 5.70. The summed E-state index contributed by atoms with van der Waals surface area (Å²) in [6.45, 7) is 2.43. The van der Waals surface area contributed by atoms with Gasteiger partial charge in [-0.3, -0.25) is 4.79 Å². The van der Waals surface area contributed by atoms with Crippen molar-refractivity contribution in [2.24, 2.45) is 0 Å². The second-order valence-corrected chi connectivity index (χ2v) is 3.97. The molecule has 0 fully saturated rings. The van der Waals surface area contributed by atoms with E-state index in [9.17, 15) is 4.79 Å². The molecule has 2 heterocycles. The molecule has 0 bridgehead atoms. The van der Waals surface area contributed by atoms with Crippen molar-refractivity contribution in [3.63, 3.8) is 0 Å². The van der Waals surface area contributed by atoms with E-state index in [1.54, 1.807) is 29.0 Å². The molecule has 0 saturated carbocycles. The van der Waals surface area contributed by atoms with E-state index >= 15 is 0 Å². The fourth-order valence-electron chi connectivity index (χ4n) is 1.51. The monoisotopic (exact) mass is 234 g/mol. The molecule has 0 aromatic carbocycles. The van der Waals surface area contributed by atoms with Gasteiger partial charge in [-0.15, -0.1) is 0 Å². The maximum Gasteiger partial charge on any atom is 0.251 e. The zero-order valence-electron chi connectivity index (χ0n) is 8.85. The minimum absolute atomic E-state index is 0.00468. The van der Waals surface area contributed by atoms with Crippen molar-refractivity contribution in [3.05, 3.63) is 63.3 Å². The summed E-state index contributed by atoms with van der Waals surface area (Å²) in [7, 11) is 0. The molecule has 0 aliphatic carbocycles. The smallest absolute Gasteiger partial charge is 0.251 e. The molecular weight excluding hydrogens is 224 g/mol. The molecule has 0 aliphatic heterocycles. The highest BCUT2D eigenvalue weighted by atomic mass is 35.5. The summed E-state index contributed by atoms with van der Waals surface area (Å²) in [6.07, 6.45) is 1.68. The molecule has 0 unspecified atom stereocenters. The number of rotatable bonds is 2. The Morgan fingerprint density at radius 3 is 2.75 bits per heavy atom. The predicted molar refractivity (Wildman–Crippen MR) is 63.8 cm³/mol. The van der Waals surface area contributed by atoms with Crippen molar-refractivity contribution in [2.75, 3.05) is 0 Å². The molecule has 0 spiro atoms. The Kier molecular flexibility index (Phi) is 3.06. The second-order valence-electron chi connectivity index (χ2n) is 3.58. The number of hydrogen-bond acceptors (Lipinski definition) is 2. The molecule has 0 radical (unpaired) electrons. The fraction of sp³-hybridized carbons (Fsp3) is 0.167. The van der Waals surface area contributed by atoms with Crippen LogP contribution in [0.5, 0.6) is 0 Å². The van der Waals surface area contributed by atoms with Crippen LogP contribution >= 0.6 is 11.6 Å². The van der Waals surface area contributed by atoms with E-state index in [2.05, 4.69) is 4.98 Å². The van der Waals surface area contributed by atoms with Gasteiger partial charge < -0.3 is 4.57 Å². The molecule has 0 aliphatic rings. The van der Waals surface area contributed by atoms with E-state index in [0.717, 1.165) is 11.3 Å². The van der Waals surface area contributed by atoms with Gasteiger partial charge in [0.2, 0.25) is 0 Å². The first-order valence-electron chi connectivity index (χ1n) is 4.94. The van der Waals surface area contributed by atoms with Crippen LogP contribution in [0.25, 0.3) is 0 Å². The van der Waals surface area contributed by atoms with Crippen molar-refractivity contribution < 1.29 is 0 Å². The van der Waals surface area contributed by atoms with Crippen molar-refractivity contribution in [1.82, 2.24) is 9.55 Å². The zero-order chi connectivity index (χ0) is 11.5. The summed E-state index contributed by atoms with van der Waals surface area (Å²) < 4.78 is 1.70. The SMILES string of the molecule is Cc1cccc(=O)n1Cc1ccc(Cl)nc1. The first-order valence-corrected chi connectivity index (χ1v) is 5.31. The van der Waals surface area contributed by atoms with E-state index in [1.807, 2.05) is 19.1 Å². The molecular formula is C12H11ClN2O. The Hall–Kier alpha value is -1.61. The van der Waals surface area contributed by atoms with Crippen LogP contribution in [0.15, 0.2) is 41.3 Å². The summed E-state index contributed by atoms with van der Waals surface area (Å²) in [5.74, 6) is 0. The lowest BCUT2D eigenvalue weighted by Crippen LogP contribution is -2.21. The van der Waals surface area contributed by atoms with Gasteiger partial charge in [-0.1, -0.05) is 23.7 Å². The van der Waals surface area contributed by atoms with Crippen LogP contribution in [0, 0.1) is 6.92 Å². The lowest BCUT2D eigenvalue weighted by molar-refractivity contribution is 0.727. The standard InChI is InChI=1S/C12H11ClN2O/c1-9-3-2-4-12(16)15(9)8-10-5-6-11(13)14-7-10/h2-7H,8H2,1H3. The van der Waals surface area contributed by atoms with Gasteiger partial charge in [-0.25, -0.2) is 4.98 Å². The quantitative estimate of drug-likeness (QED) is 0.747. The van der Waals surface area contributed by atoms with Crippen LogP contribution in [0.4, 0.5) is 0 Å². The van der Waals surface area contributed by atoms with Crippen LogP contribution in [-0.2, 0) is 6.54 Å². The number of aryl methyl sites for hydroxylation is 1. The van der Waals surface area contributed by atoms with Gasteiger partial charge in [0.15, 0.2) is 0 Å². The highest BCUT2D eigenvalue weighted by Crippen LogP contribution is 2.07. The number of nitrogens with zero attached hydrogens (tertiary/aromatic N) is 2. The minimum Gasteiger partial charge on any atom is -0.308 e. The van der Waals surface area contributed by atoms with Gasteiger partial charge in [0.05, 0.1) is 6.54 Å². The number of aromatic nitrogens is 2. The highest BCUT2D eigenvalue weighted by Gasteiger charge is 2.01. The van der Waals surface area contributed by atoms with Crippen LogP contribution in [-0.4, -0.2) is 9.55 Å². The lowest BCUT2D eigenvalue weighted by atomic mass is 10.2. The Morgan fingerprint density at radius 2 is 2.12 bits per heavy atom. The van der Waals surface area contributed by atoms with Gasteiger partial charge in [-0.2, -0.15) is 0 Å². The van der Waals surface area contributed by atoms with Crippen LogP contribution in [0.1, 0.15) is 11.3 Å². The van der Waals surface area contributed by atoms with E-state index in [-0.39, 0.29) is 5.56 Å². The van der Waals surface area contributed by atoms with Crippen LogP contribution < -0.4 is 5.56 Å². The van der Waals surface area contributed by atoms with Gasteiger partial charge in [-0.05, 0) is 24.6 Å². The number of hydrogen-bond donors (Lipinski definition) is 0. The minimum atomic E-state index is -0.00468. The van der Waals surface area contributed by atoms with Gasteiger partial charge >= 0.3 is 0 Å². The van der Waals surface area contributed by atoms with E-state index in [4.69, 9.17) is 11.6 Å². The van der Waals surface area contributed by atoms with E-state index < -0.39 is 0 Å². The van der Waals surface area contributed by atoms with Crippen LogP contribution in [0.2, 0.25) is 5.15 Å². The third kappa shape index (κ3) is 2.31. The topological polar surface area (TPSA) is 34.9 Å². The maximum atomic E-state index is 11.6. The highest BCUT2D eigenvalue weighted by molar-refractivity contribution is 6.29. The molecule has 2 rings (SSSR count). The largest absolute Gasteiger partial charge is 0.308 e. The molecule has 2 aromatic rings. The molecule has 0 atom stereocenters. The van der Waals surface area contributed by atoms with Gasteiger partial charge in [0.1, 0.15) is 5.15 Å². The average Bonchev–Trinajstić information content (AvgIpc) is 2.26. The summed E-state index contributed by atoms with van der Waals surface area (Å²) in [5, 5.41) is 0.459. The maximum absolute atomic E-state index is 11.6. The van der Waals surface area contributed by atoms with Gasteiger partial charge in [0.25, 0.3) is 5.56 Å².